The van der Waals surface area contributed by atoms with Gasteiger partial charge in [0.25, 0.3) is 10.1 Å². The Morgan fingerprint density at radius 2 is 1.97 bits per heavy atom. The molecule has 0 bridgehead atoms. The van der Waals surface area contributed by atoms with Crippen molar-refractivity contribution in [3.8, 4) is 5.75 Å². The van der Waals surface area contributed by atoms with Crippen LogP contribution in [0.3, 0.4) is 0 Å². The van der Waals surface area contributed by atoms with Gasteiger partial charge in [0.2, 0.25) is 0 Å². The number of fused-ring (bicyclic) bond motifs is 2. The highest BCUT2D eigenvalue weighted by atomic mass is 32.2. The topological polar surface area (TPSA) is 79.7 Å². The molecule has 3 aromatic rings. The molecule has 0 saturated heterocycles. The molecule has 0 radical (unpaired) electrons. The molecular formula is C25H32N2O4S. The predicted octanol–water partition coefficient (Wildman–Crippen LogP) is 4.34. The van der Waals surface area contributed by atoms with Gasteiger partial charge in [0.15, 0.2) is 0 Å². The highest BCUT2D eigenvalue weighted by molar-refractivity contribution is 7.85. The van der Waals surface area contributed by atoms with Crippen molar-refractivity contribution < 1.29 is 17.7 Å². The maximum Gasteiger partial charge on any atom is 0.261 e. The SMILES string of the molecule is COc1cccc2c1CCCC2CN(C)CCc1ccc2ccncc2c1.CS(=O)(=O)O. The maximum absolute atomic E-state index is 9.19. The number of rotatable bonds is 6. The lowest BCUT2D eigenvalue weighted by Gasteiger charge is -2.30. The molecule has 4 rings (SSSR count). The first-order valence-electron chi connectivity index (χ1n) is 10.8. The molecule has 0 aliphatic heterocycles. The Bertz CT molecular complexity index is 1140. The number of likely N-dealkylation sites (N-methyl/N-ethyl adjacent to an activating group) is 1. The molecule has 1 aliphatic rings. The molecule has 0 saturated carbocycles. The van der Waals surface area contributed by atoms with Crippen molar-refractivity contribution >= 4 is 20.9 Å². The summed E-state index contributed by atoms with van der Waals surface area (Å²) in [4.78, 5) is 6.72. The number of hydrogen-bond donors (Lipinski definition) is 1. The van der Waals surface area contributed by atoms with Crippen molar-refractivity contribution in [2.45, 2.75) is 31.6 Å². The van der Waals surface area contributed by atoms with Gasteiger partial charge in [0, 0.05) is 30.9 Å². The Labute approximate surface area is 191 Å². The molecule has 1 unspecified atom stereocenters. The van der Waals surface area contributed by atoms with E-state index >= 15 is 0 Å². The molecule has 2 aromatic carbocycles. The van der Waals surface area contributed by atoms with Gasteiger partial charge in [-0.15, -0.1) is 0 Å². The largest absolute Gasteiger partial charge is 0.496 e. The highest BCUT2D eigenvalue weighted by Crippen LogP contribution is 2.36. The third kappa shape index (κ3) is 7.02. The van der Waals surface area contributed by atoms with Crippen molar-refractivity contribution in [2.75, 3.05) is 33.5 Å². The zero-order chi connectivity index (χ0) is 23.1. The third-order valence-corrected chi connectivity index (χ3v) is 5.83. The molecular weight excluding hydrogens is 424 g/mol. The summed E-state index contributed by atoms with van der Waals surface area (Å²) in [6.07, 6.45) is 9.26. The van der Waals surface area contributed by atoms with Crippen LogP contribution in [0.1, 0.15) is 35.4 Å². The van der Waals surface area contributed by atoms with Crippen LogP contribution in [-0.4, -0.2) is 56.4 Å². The Hall–Kier alpha value is -2.48. The summed E-state index contributed by atoms with van der Waals surface area (Å²) in [5, 5.41) is 2.49. The maximum atomic E-state index is 9.19. The summed E-state index contributed by atoms with van der Waals surface area (Å²) >= 11 is 0. The highest BCUT2D eigenvalue weighted by Gasteiger charge is 2.23. The second-order valence-electron chi connectivity index (χ2n) is 8.42. The van der Waals surface area contributed by atoms with Gasteiger partial charge < -0.3 is 9.64 Å². The summed E-state index contributed by atoms with van der Waals surface area (Å²) in [6, 6.07) is 15.3. The van der Waals surface area contributed by atoms with E-state index in [0.717, 1.165) is 31.7 Å². The van der Waals surface area contributed by atoms with E-state index in [9.17, 15) is 8.42 Å². The Morgan fingerprint density at radius 3 is 2.72 bits per heavy atom. The van der Waals surface area contributed by atoms with E-state index in [1.165, 1.54) is 40.3 Å². The van der Waals surface area contributed by atoms with Gasteiger partial charge in [-0.25, -0.2) is 0 Å². The summed E-state index contributed by atoms with van der Waals surface area (Å²) < 4.78 is 31.5. The van der Waals surface area contributed by atoms with Gasteiger partial charge >= 0.3 is 0 Å². The van der Waals surface area contributed by atoms with E-state index in [4.69, 9.17) is 9.29 Å². The zero-order valence-electron chi connectivity index (χ0n) is 19.0. The minimum atomic E-state index is -3.67. The van der Waals surface area contributed by atoms with Crippen LogP contribution in [0.15, 0.2) is 54.9 Å². The van der Waals surface area contributed by atoms with Gasteiger partial charge in [-0.1, -0.05) is 24.3 Å². The normalized spacial score (nSPS) is 15.7. The third-order valence-electron chi connectivity index (χ3n) is 5.83. The Morgan fingerprint density at radius 1 is 1.19 bits per heavy atom. The van der Waals surface area contributed by atoms with Crippen LogP contribution in [0.25, 0.3) is 10.8 Å². The van der Waals surface area contributed by atoms with Crippen molar-refractivity contribution in [2.24, 2.45) is 0 Å². The fraction of sp³-hybridized carbons (Fsp3) is 0.400. The number of aromatic nitrogens is 1. The fourth-order valence-electron chi connectivity index (χ4n) is 4.37. The van der Waals surface area contributed by atoms with Crippen molar-refractivity contribution in [3.05, 3.63) is 71.5 Å². The lowest BCUT2D eigenvalue weighted by Crippen LogP contribution is -2.28. The van der Waals surface area contributed by atoms with E-state index in [1.54, 1.807) is 7.11 Å². The number of benzene rings is 2. The monoisotopic (exact) mass is 456 g/mol. The van der Waals surface area contributed by atoms with Crippen LogP contribution in [0.2, 0.25) is 0 Å². The van der Waals surface area contributed by atoms with Crippen LogP contribution in [0.4, 0.5) is 0 Å². The number of ether oxygens (including phenoxy) is 1. The van der Waals surface area contributed by atoms with Crippen LogP contribution in [0, 0.1) is 0 Å². The summed E-state index contributed by atoms with van der Waals surface area (Å²) in [5.41, 5.74) is 4.30. The van der Waals surface area contributed by atoms with Crippen LogP contribution in [0.5, 0.6) is 5.75 Å². The minimum Gasteiger partial charge on any atom is -0.496 e. The number of pyridine rings is 1. The summed E-state index contributed by atoms with van der Waals surface area (Å²) in [5.74, 6) is 1.67. The second kappa shape index (κ2) is 10.9. The quantitative estimate of drug-likeness (QED) is 0.556. The molecule has 32 heavy (non-hydrogen) atoms. The first-order chi connectivity index (χ1) is 15.2. The lowest BCUT2D eigenvalue weighted by atomic mass is 9.82. The minimum absolute atomic E-state index is 0.606. The molecule has 6 nitrogen and oxygen atoms in total. The predicted molar refractivity (Wildman–Crippen MR) is 129 cm³/mol. The average Bonchev–Trinajstić information content (AvgIpc) is 2.76. The molecule has 1 atom stereocenters. The van der Waals surface area contributed by atoms with Gasteiger partial charge in [-0.3, -0.25) is 9.54 Å². The molecule has 172 valence electrons. The first kappa shape index (κ1) is 24.2. The smallest absolute Gasteiger partial charge is 0.261 e. The Kier molecular flexibility index (Phi) is 8.23. The van der Waals surface area contributed by atoms with Crippen molar-refractivity contribution in [3.63, 3.8) is 0 Å². The number of nitrogens with zero attached hydrogens (tertiary/aromatic N) is 2. The standard InChI is InChI=1S/C24H28N2O.CH4O3S/c1-26(14-12-18-9-10-19-11-13-25-16-21(19)15-18)17-20-5-3-7-23-22(20)6-4-8-24(23)27-2;1-5(2,3)4/h4,6,8-11,13,15-16,20H,3,5,7,12,14,17H2,1-2H3;1H3,(H,2,3,4). The summed E-state index contributed by atoms with van der Waals surface area (Å²) in [6.45, 7) is 2.18. The molecule has 0 spiro atoms. The first-order valence-corrected chi connectivity index (χ1v) is 12.7. The fourth-order valence-corrected chi connectivity index (χ4v) is 4.37. The molecule has 1 aliphatic carbocycles. The zero-order valence-corrected chi connectivity index (χ0v) is 19.8. The van der Waals surface area contributed by atoms with Crippen LogP contribution in [-0.2, 0) is 23.0 Å². The molecule has 0 fully saturated rings. The van der Waals surface area contributed by atoms with E-state index in [2.05, 4.69) is 59.4 Å². The van der Waals surface area contributed by atoms with Crippen LogP contribution < -0.4 is 4.74 Å². The molecule has 7 heteroatoms. The molecule has 1 heterocycles. The van der Waals surface area contributed by atoms with Crippen LogP contribution >= 0.6 is 0 Å². The lowest BCUT2D eigenvalue weighted by molar-refractivity contribution is 0.299. The van der Waals surface area contributed by atoms with Crippen molar-refractivity contribution in [1.29, 1.82) is 0 Å². The van der Waals surface area contributed by atoms with Gasteiger partial charge in [0.1, 0.15) is 5.75 Å². The average molecular weight is 457 g/mol. The number of hydrogen-bond acceptors (Lipinski definition) is 5. The van der Waals surface area contributed by atoms with E-state index in [-0.39, 0.29) is 0 Å². The molecule has 1 N–H and O–H groups in total. The second-order valence-corrected chi connectivity index (χ2v) is 9.89. The summed E-state index contributed by atoms with van der Waals surface area (Å²) in [7, 11) is 0.363. The van der Waals surface area contributed by atoms with Gasteiger partial charge in [0.05, 0.1) is 13.4 Å². The van der Waals surface area contributed by atoms with Gasteiger partial charge in [-0.05, 0) is 78.9 Å². The Balaban J connectivity index is 0.000000523. The number of methoxy groups -OCH3 is 1. The molecule has 1 aromatic heterocycles. The van der Waals surface area contributed by atoms with E-state index in [1.807, 2.05) is 12.4 Å². The van der Waals surface area contributed by atoms with E-state index in [0.29, 0.717) is 12.2 Å². The van der Waals surface area contributed by atoms with Crippen molar-refractivity contribution in [1.82, 2.24) is 9.88 Å². The van der Waals surface area contributed by atoms with E-state index < -0.39 is 10.1 Å². The molecule has 0 amide bonds. The van der Waals surface area contributed by atoms with Gasteiger partial charge in [-0.2, -0.15) is 8.42 Å².